The van der Waals surface area contributed by atoms with Crippen LogP contribution in [0.25, 0.3) is 0 Å². The third kappa shape index (κ3) is 4.55. The van der Waals surface area contributed by atoms with Crippen LogP contribution in [0.4, 0.5) is 0 Å². The molecule has 2 saturated heterocycles. The van der Waals surface area contributed by atoms with Crippen molar-refractivity contribution < 1.29 is 4.74 Å². The second-order valence-corrected chi connectivity index (χ2v) is 5.73. The molecule has 6 heteroatoms. The van der Waals surface area contributed by atoms with E-state index in [4.69, 9.17) is 4.74 Å². The monoisotopic (exact) mass is 416 g/mol. The average molecular weight is 416 g/mol. The summed E-state index contributed by atoms with van der Waals surface area (Å²) in [6.07, 6.45) is 8.96. The molecule has 5 nitrogen and oxygen atoms in total. The number of rotatable bonds is 5. The number of pyridine rings is 1. The smallest absolute Gasteiger partial charge is 0.191 e. The van der Waals surface area contributed by atoms with Gasteiger partial charge in [-0.25, -0.2) is 0 Å². The minimum absolute atomic E-state index is 0. The molecule has 0 spiro atoms. The first-order valence-electron chi connectivity index (χ1n) is 7.94. The van der Waals surface area contributed by atoms with E-state index < -0.39 is 0 Å². The first-order valence-corrected chi connectivity index (χ1v) is 7.94. The molecule has 3 unspecified atom stereocenters. The second kappa shape index (κ2) is 8.67. The van der Waals surface area contributed by atoms with Crippen LogP contribution in [0.1, 0.15) is 31.7 Å². The summed E-state index contributed by atoms with van der Waals surface area (Å²) in [4.78, 5) is 8.80. The lowest BCUT2D eigenvalue weighted by Crippen LogP contribution is -2.47. The molecule has 22 heavy (non-hydrogen) atoms. The highest BCUT2D eigenvalue weighted by atomic mass is 127. The maximum atomic E-state index is 5.88. The van der Waals surface area contributed by atoms with Gasteiger partial charge in [0.25, 0.3) is 0 Å². The summed E-state index contributed by atoms with van der Waals surface area (Å²) in [7, 11) is 0. The van der Waals surface area contributed by atoms with Crippen molar-refractivity contribution in [3.8, 4) is 0 Å². The second-order valence-electron chi connectivity index (χ2n) is 5.73. The molecular weight excluding hydrogens is 391 g/mol. The fourth-order valence-electron chi connectivity index (χ4n) is 3.13. The predicted octanol–water partition coefficient (Wildman–Crippen LogP) is 2.12. The van der Waals surface area contributed by atoms with Crippen LogP contribution in [-0.4, -0.2) is 42.3 Å². The fourth-order valence-corrected chi connectivity index (χ4v) is 3.13. The van der Waals surface area contributed by atoms with E-state index in [1.54, 1.807) is 6.20 Å². The zero-order valence-electron chi connectivity index (χ0n) is 13.0. The number of aliphatic imine (C=N–C) groups is 1. The Balaban J connectivity index is 0.00000176. The van der Waals surface area contributed by atoms with Gasteiger partial charge in [0.2, 0.25) is 0 Å². The van der Waals surface area contributed by atoms with Gasteiger partial charge >= 0.3 is 0 Å². The predicted molar refractivity (Wildman–Crippen MR) is 98.8 cm³/mol. The number of nitrogens with one attached hydrogen (secondary N) is 2. The third-order valence-electron chi connectivity index (χ3n) is 4.17. The normalized spacial score (nSPS) is 26.6. The molecule has 3 atom stereocenters. The maximum Gasteiger partial charge on any atom is 0.191 e. The van der Waals surface area contributed by atoms with Crippen LogP contribution in [0.3, 0.4) is 0 Å². The van der Waals surface area contributed by atoms with E-state index in [0.29, 0.717) is 18.2 Å². The van der Waals surface area contributed by atoms with Crippen LogP contribution in [0.5, 0.6) is 0 Å². The number of halogens is 1. The van der Waals surface area contributed by atoms with Crippen molar-refractivity contribution in [2.45, 2.75) is 50.9 Å². The van der Waals surface area contributed by atoms with Gasteiger partial charge < -0.3 is 15.4 Å². The minimum atomic E-state index is 0. The van der Waals surface area contributed by atoms with Gasteiger partial charge in [-0.2, -0.15) is 0 Å². The van der Waals surface area contributed by atoms with Crippen molar-refractivity contribution in [2.75, 3.05) is 13.1 Å². The summed E-state index contributed by atoms with van der Waals surface area (Å²) in [5.74, 6) is 0.905. The van der Waals surface area contributed by atoms with Crippen molar-refractivity contribution in [3.63, 3.8) is 0 Å². The highest BCUT2D eigenvalue weighted by Gasteiger charge is 2.41. The van der Waals surface area contributed by atoms with Crippen molar-refractivity contribution in [2.24, 2.45) is 4.99 Å². The van der Waals surface area contributed by atoms with E-state index in [1.807, 2.05) is 12.3 Å². The molecule has 122 valence electrons. The van der Waals surface area contributed by atoms with E-state index in [1.165, 1.54) is 18.4 Å². The number of hydrogen-bond acceptors (Lipinski definition) is 3. The van der Waals surface area contributed by atoms with Crippen LogP contribution < -0.4 is 10.6 Å². The van der Waals surface area contributed by atoms with E-state index in [-0.39, 0.29) is 24.0 Å². The Labute approximate surface area is 149 Å². The van der Waals surface area contributed by atoms with E-state index >= 15 is 0 Å². The van der Waals surface area contributed by atoms with Crippen molar-refractivity contribution >= 4 is 29.9 Å². The molecule has 2 aliphatic rings. The number of hydrogen-bond donors (Lipinski definition) is 2. The number of ether oxygens (including phenoxy) is 1. The lowest BCUT2D eigenvalue weighted by atomic mass is 9.96. The topological polar surface area (TPSA) is 58.5 Å². The van der Waals surface area contributed by atoms with Crippen LogP contribution in [0.15, 0.2) is 29.5 Å². The Hall–Kier alpha value is -0.890. The number of guanidine groups is 1. The highest BCUT2D eigenvalue weighted by Crippen LogP contribution is 2.34. The lowest BCUT2D eigenvalue weighted by molar-refractivity contribution is 0.0992. The molecule has 2 fully saturated rings. The Morgan fingerprint density at radius 3 is 3.00 bits per heavy atom. The summed E-state index contributed by atoms with van der Waals surface area (Å²) in [5, 5.41) is 6.86. The van der Waals surface area contributed by atoms with Gasteiger partial charge in [-0.05, 0) is 44.2 Å². The molecule has 0 saturated carbocycles. The maximum absolute atomic E-state index is 5.88. The zero-order valence-corrected chi connectivity index (χ0v) is 15.3. The van der Waals surface area contributed by atoms with Crippen LogP contribution in [0.2, 0.25) is 0 Å². The van der Waals surface area contributed by atoms with Crippen molar-refractivity contribution in [1.82, 2.24) is 15.6 Å². The van der Waals surface area contributed by atoms with E-state index in [2.05, 4.69) is 33.6 Å². The summed E-state index contributed by atoms with van der Waals surface area (Å²) in [6, 6.07) is 4.47. The Morgan fingerprint density at radius 1 is 1.45 bits per heavy atom. The molecule has 0 amide bonds. The average Bonchev–Trinajstić information content (AvgIpc) is 3.11. The molecule has 0 radical (unpaired) electrons. The number of aromatic nitrogens is 1. The van der Waals surface area contributed by atoms with Gasteiger partial charge in [-0.15, -0.1) is 24.0 Å². The molecule has 0 aromatic carbocycles. The van der Waals surface area contributed by atoms with Crippen LogP contribution in [-0.2, 0) is 11.2 Å². The summed E-state index contributed by atoms with van der Waals surface area (Å²) in [5.41, 5.74) is 1.22. The first kappa shape index (κ1) is 17.5. The third-order valence-corrected chi connectivity index (χ3v) is 4.17. The van der Waals surface area contributed by atoms with Gasteiger partial charge in [-0.1, -0.05) is 6.07 Å². The van der Waals surface area contributed by atoms with Gasteiger partial charge in [0, 0.05) is 25.5 Å². The number of nitrogens with zero attached hydrogens (tertiary/aromatic N) is 2. The number of fused-ring (bicyclic) bond motifs is 2. The molecule has 2 N–H and O–H groups in total. The minimum Gasteiger partial charge on any atom is -0.373 e. The Bertz CT molecular complexity index is 482. The van der Waals surface area contributed by atoms with Crippen molar-refractivity contribution in [1.29, 1.82) is 0 Å². The van der Waals surface area contributed by atoms with Crippen molar-refractivity contribution in [3.05, 3.63) is 30.1 Å². The molecule has 0 aliphatic carbocycles. The van der Waals surface area contributed by atoms with Crippen LogP contribution >= 0.6 is 24.0 Å². The van der Waals surface area contributed by atoms with Gasteiger partial charge in [0.15, 0.2) is 5.96 Å². The Morgan fingerprint density at radius 2 is 2.36 bits per heavy atom. The van der Waals surface area contributed by atoms with Crippen LogP contribution in [0, 0.1) is 0 Å². The molecule has 2 bridgehead atoms. The summed E-state index contributed by atoms with van der Waals surface area (Å²) < 4.78 is 5.88. The molecular formula is C16H25IN4O. The molecule has 1 aromatic rings. The Kier molecular flexibility index (Phi) is 6.88. The quantitative estimate of drug-likeness (QED) is 0.439. The molecule has 3 rings (SSSR count). The molecule has 3 heterocycles. The van der Waals surface area contributed by atoms with E-state index in [9.17, 15) is 0 Å². The lowest BCUT2D eigenvalue weighted by Gasteiger charge is -2.22. The SMILES string of the molecule is CCNC(=NCCc1cccnc1)NC1CC2CCC1O2.I. The highest BCUT2D eigenvalue weighted by molar-refractivity contribution is 14.0. The standard InChI is InChI=1S/C16H24N4O.HI/c1-2-18-16(19-9-7-12-4-3-8-17-11-12)20-14-10-13-5-6-15(14)21-13;/h3-4,8,11,13-15H,2,5-7,9-10H2,1H3,(H2,18,19,20);1H. The first-order chi connectivity index (χ1) is 10.3. The largest absolute Gasteiger partial charge is 0.373 e. The molecule has 2 aliphatic heterocycles. The van der Waals surface area contributed by atoms with Gasteiger partial charge in [-0.3, -0.25) is 9.98 Å². The van der Waals surface area contributed by atoms with Gasteiger partial charge in [0.1, 0.15) is 0 Å². The van der Waals surface area contributed by atoms with E-state index in [0.717, 1.165) is 31.9 Å². The summed E-state index contributed by atoms with van der Waals surface area (Å²) in [6.45, 7) is 3.73. The molecule has 1 aromatic heterocycles. The zero-order chi connectivity index (χ0) is 14.5. The summed E-state index contributed by atoms with van der Waals surface area (Å²) >= 11 is 0. The fraction of sp³-hybridized carbons (Fsp3) is 0.625. The van der Waals surface area contributed by atoms with Gasteiger partial charge in [0.05, 0.1) is 18.2 Å².